The molecular formula is C23H27N3O2. The molecule has 0 bridgehead atoms. The minimum atomic E-state index is -0.192. The van der Waals surface area contributed by atoms with E-state index in [1.54, 1.807) is 24.3 Å². The van der Waals surface area contributed by atoms with Crippen LogP contribution in [0.4, 0.5) is 11.4 Å². The van der Waals surface area contributed by atoms with Gasteiger partial charge < -0.3 is 15.1 Å². The normalized spacial score (nSPS) is 16.9. The number of likely N-dealkylation sites (tertiary alicyclic amines) is 1. The van der Waals surface area contributed by atoms with Gasteiger partial charge in [0.25, 0.3) is 11.8 Å². The molecule has 2 amide bonds. The van der Waals surface area contributed by atoms with Gasteiger partial charge in [0.15, 0.2) is 0 Å². The summed E-state index contributed by atoms with van der Waals surface area (Å²) in [5.74, 6) is -0.175. The van der Waals surface area contributed by atoms with Crippen LogP contribution in [-0.4, -0.2) is 42.9 Å². The van der Waals surface area contributed by atoms with Crippen LogP contribution in [0.1, 0.15) is 52.8 Å². The van der Waals surface area contributed by atoms with Crippen LogP contribution < -0.4 is 10.2 Å². The van der Waals surface area contributed by atoms with Gasteiger partial charge in [-0.05, 0) is 74.6 Å². The number of benzene rings is 2. The molecule has 0 aliphatic carbocycles. The van der Waals surface area contributed by atoms with Crippen molar-refractivity contribution >= 4 is 23.2 Å². The van der Waals surface area contributed by atoms with E-state index < -0.39 is 0 Å². The van der Waals surface area contributed by atoms with E-state index in [0.29, 0.717) is 11.1 Å². The Morgan fingerprint density at radius 2 is 1.39 bits per heavy atom. The van der Waals surface area contributed by atoms with Crippen LogP contribution in [0.3, 0.4) is 0 Å². The quantitative estimate of drug-likeness (QED) is 0.870. The summed E-state index contributed by atoms with van der Waals surface area (Å²) in [5, 5.41) is 2.94. The maximum absolute atomic E-state index is 12.7. The van der Waals surface area contributed by atoms with E-state index in [9.17, 15) is 9.59 Å². The van der Waals surface area contributed by atoms with Gasteiger partial charge in [0.05, 0.1) is 0 Å². The summed E-state index contributed by atoms with van der Waals surface area (Å²) in [6, 6.07) is 15.0. The fourth-order valence-corrected chi connectivity index (χ4v) is 4.01. The number of rotatable bonds is 4. The van der Waals surface area contributed by atoms with Gasteiger partial charge in [-0.2, -0.15) is 0 Å². The molecule has 0 unspecified atom stereocenters. The second kappa shape index (κ2) is 8.46. The van der Waals surface area contributed by atoms with Crippen LogP contribution in [0.2, 0.25) is 0 Å². The number of anilines is 2. The number of carbonyl (C=O) groups excluding carboxylic acids is 2. The standard InChI is InChI=1S/C23H27N3O2/c27-22(24-20-9-11-21(12-10-20)25-13-4-5-14-25)18-7-6-8-19(17-18)23(28)26-15-2-1-3-16-26/h6-12,17H,1-5,13-16H2,(H,24,27). The Bertz CT molecular complexity index is 835. The van der Waals surface area contributed by atoms with Crippen LogP contribution in [0, 0.1) is 0 Å². The molecule has 2 aromatic rings. The first kappa shape index (κ1) is 18.5. The van der Waals surface area contributed by atoms with Gasteiger partial charge >= 0.3 is 0 Å². The second-order valence-electron chi connectivity index (χ2n) is 7.63. The van der Waals surface area contributed by atoms with Crippen molar-refractivity contribution in [1.29, 1.82) is 0 Å². The molecule has 1 N–H and O–H groups in total. The number of piperidine rings is 1. The Kier molecular flexibility index (Phi) is 5.60. The zero-order valence-corrected chi connectivity index (χ0v) is 16.2. The van der Waals surface area contributed by atoms with Crippen molar-refractivity contribution in [3.63, 3.8) is 0 Å². The minimum absolute atomic E-state index is 0.0179. The molecule has 2 aliphatic heterocycles. The Morgan fingerprint density at radius 1 is 0.750 bits per heavy atom. The van der Waals surface area contributed by atoms with Crippen molar-refractivity contribution in [2.24, 2.45) is 0 Å². The van der Waals surface area contributed by atoms with E-state index in [1.807, 2.05) is 17.0 Å². The first-order valence-electron chi connectivity index (χ1n) is 10.3. The number of nitrogens with zero attached hydrogens (tertiary/aromatic N) is 2. The summed E-state index contributed by atoms with van der Waals surface area (Å²) < 4.78 is 0. The third-order valence-electron chi connectivity index (χ3n) is 5.61. The molecule has 0 aromatic heterocycles. The van der Waals surface area contributed by atoms with Crippen molar-refractivity contribution in [3.8, 4) is 0 Å². The Balaban J connectivity index is 1.42. The van der Waals surface area contributed by atoms with Crippen molar-refractivity contribution in [2.45, 2.75) is 32.1 Å². The molecule has 0 radical (unpaired) electrons. The SMILES string of the molecule is O=C(Nc1ccc(N2CCCC2)cc1)c1cccc(C(=O)N2CCCCC2)c1. The molecule has 2 heterocycles. The van der Waals surface area contributed by atoms with E-state index in [1.165, 1.54) is 24.9 Å². The Labute approximate surface area is 166 Å². The number of hydrogen-bond acceptors (Lipinski definition) is 3. The summed E-state index contributed by atoms with van der Waals surface area (Å²) >= 11 is 0. The maximum Gasteiger partial charge on any atom is 0.255 e. The predicted molar refractivity (Wildman–Crippen MR) is 112 cm³/mol. The van der Waals surface area contributed by atoms with Gasteiger partial charge in [0.2, 0.25) is 0 Å². The molecule has 2 fully saturated rings. The molecular weight excluding hydrogens is 350 g/mol. The predicted octanol–water partition coefficient (Wildman–Crippen LogP) is 4.17. The fourth-order valence-electron chi connectivity index (χ4n) is 4.01. The zero-order chi connectivity index (χ0) is 19.3. The summed E-state index contributed by atoms with van der Waals surface area (Å²) in [6.07, 6.45) is 5.78. The highest BCUT2D eigenvalue weighted by Gasteiger charge is 2.19. The summed E-state index contributed by atoms with van der Waals surface area (Å²) in [7, 11) is 0. The Hall–Kier alpha value is -2.82. The lowest BCUT2D eigenvalue weighted by Gasteiger charge is -2.26. The summed E-state index contributed by atoms with van der Waals surface area (Å²) in [5.41, 5.74) is 3.05. The average Bonchev–Trinajstić information content (AvgIpc) is 3.29. The number of amides is 2. The van der Waals surface area contributed by atoms with E-state index in [2.05, 4.69) is 22.3 Å². The third kappa shape index (κ3) is 4.19. The van der Waals surface area contributed by atoms with E-state index in [0.717, 1.165) is 44.7 Å². The molecule has 0 saturated carbocycles. The van der Waals surface area contributed by atoms with Gasteiger partial charge in [-0.3, -0.25) is 9.59 Å². The van der Waals surface area contributed by atoms with Gasteiger partial charge in [0, 0.05) is 48.7 Å². The summed E-state index contributed by atoms with van der Waals surface area (Å²) in [4.78, 5) is 29.6. The number of nitrogens with one attached hydrogen (secondary N) is 1. The molecule has 0 atom stereocenters. The Morgan fingerprint density at radius 3 is 2.11 bits per heavy atom. The van der Waals surface area contributed by atoms with Crippen molar-refractivity contribution in [2.75, 3.05) is 36.4 Å². The third-order valence-corrected chi connectivity index (χ3v) is 5.61. The molecule has 5 heteroatoms. The van der Waals surface area contributed by atoms with Crippen molar-refractivity contribution < 1.29 is 9.59 Å². The smallest absolute Gasteiger partial charge is 0.255 e. The molecule has 2 aliphatic rings. The number of hydrogen-bond donors (Lipinski definition) is 1. The van der Waals surface area contributed by atoms with Crippen LogP contribution in [0.5, 0.6) is 0 Å². The lowest BCUT2D eigenvalue weighted by Crippen LogP contribution is -2.35. The van der Waals surface area contributed by atoms with Crippen LogP contribution in [0.25, 0.3) is 0 Å². The highest BCUT2D eigenvalue weighted by atomic mass is 16.2. The van der Waals surface area contributed by atoms with Crippen molar-refractivity contribution in [1.82, 2.24) is 4.90 Å². The molecule has 2 saturated heterocycles. The maximum atomic E-state index is 12.7. The highest BCUT2D eigenvalue weighted by Crippen LogP contribution is 2.22. The van der Waals surface area contributed by atoms with E-state index in [4.69, 9.17) is 0 Å². The van der Waals surface area contributed by atoms with Crippen LogP contribution in [-0.2, 0) is 0 Å². The van der Waals surface area contributed by atoms with E-state index >= 15 is 0 Å². The molecule has 2 aromatic carbocycles. The average molecular weight is 377 g/mol. The first-order chi connectivity index (χ1) is 13.7. The number of carbonyl (C=O) groups is 2. The topological polar surface area (TPSA) is 52.7 Å². The lowest BCUT2D eigenvalue weighted by atomic mass is 10.1. The van der Waals surface area contributed by atoms with Crippen LogP contribution in [0.15, 0.2) is 48.5 Å². The zero-order valence-electron chi connectivity index (χ0n) is 16.2. The van der Waals surface area contributed by atoms with Gasteiger partial charge in [-0.25, -0.2) is 0 Å². The first-order valence-corrected chi connectivity index (χ1v) is 10.3. The molecule has 28 heavy (non-hydrogen) atoms. The minimum Gasteiger partial charge on any atom is -0.372 e. The second-order valence-corrected chi connectivity index (χ2v) is 7.63. The van der Waals surface area contributed by atoms with Gasteiger partial charge in [-0.1, -0.05) is 6.07 Å². The fraction of sp³-hybridized carbons (Fsp3) is 0.391. The molecule has 0 spiro atoms. The van der Waals surface area contributed by atoms with E-state index in [-0.39, 0.29) is 11.8 Å². The van der Waals surface area contributed by atoms with Gasteiger partial charge in [0.1, 0.15) is 0 Å². The summed E-state index contributed by atoms with van der Waals surface area (Å²) in [6.45, 7) is 3.81. The van der Waals surface area contributed by atoms with Crippen LogP contribution >= 0.6 is 0 Å². The lowest BCUT2D eigenvalue weighted by molar-refractivity contribution is 0.0724. The molecule has 5 nitrogen and oxygen atoms in total. The van der Waals surface area contributed by atoms with Crippen molar-refractivity contribution in [3.05, 3.63) is 59.7 Å². The monoisotopic (exact) mass is 377 g/mol. The molecule has 146 valence electrons. The molecule has 4 rings (SSSR count). The highest BCUT2D eigenvalue weighted by molar-refractivity contribution is 6.06. The largest absolute Gasteiger partial charge is 0.372 e. The van der Waals surface area contributed by atoms with Gasteiger partial charge in [-0.15, -0.1) is 0 Å².